The SMILES string of the molecule is c1ccc(CC2NCCc3cc4c(cc32)Oc2cc3c(cc2S4)CCNC3Cc2ccccc2)cc1. The van der Waals surface area contributed by atoms with Gasteiger partial charge in [-0.15, -0.1) is 0 Å². The van der Waals surface area contributed by atoms with Crippen molar-refractivity contribution in [1.82, 2.24) is 10.6 Å². The Labute approximate surface area is 217 Å². The first-order valence-corrected chi connectivity index (χ1v) is 13.9. The normalized spacial score (nSPS) is 19.9. The van der Waals surface area contributed by atoms with Gasteiger partial charge in [0.2, 0.25) is 0 Å². The molecule has 0 spiro atoms. The van der Waals surface area contributed by atoms with E-state index in [-0.39, 0.29) is 0 Å². The molecule has 0 bridgehead atoms. The van der Waals surface area contributed by atoms with E-state index in [1.807, 2.05) is 11.8 Å². The van der Waals surface area contributed by atoms with Gasteiger partial charge in [-0.1, -0.05) is 72.4 Å². The summed E-state index contributed by atoms with van der Waals surface area (Å²) >= 11 is 1.87. The fourth-order valence-electron chi connectivity index (χ4n) is 5.92. The molecule has 3 aliphatic rings. The third-order valence-corrected chi connectivity index (χ3v) is 8.82. The lowest BCUT2D eigenvalue weighted by Crippen LogP contribution is -2.31. The van der Waals surface area contributed by atoms with Crippen LogP contribution < -0.4 is 15.4 Å². The minimum Gasteiger partial charge on any atom is -0.455 e. The Bertz CT molecular complexity index is 1300. The van der Waals surface area contributed by atoms with Gasteiger partial charge < -0.3 is 15.4 Å². The maximum absolute atomic E-state index is 6.63. The van der Waals surface area contributed by atoms with Crippen LogP contribution in [0.4, 0.5) is 0 Å². The molecule has 3 nitrogen and oxygen atoms in total. The Morgan fingerprint density at radius 3 is 1.58 bits per heavy atom. The zero-order chi connectivity index (χ0) is 23.9. The second-order valence-electron chi connectivity index (χ2n) is 10.1. The number of nitrogens with one attached hydrogen (secondary N) is 2. The molecule has 4 aromatic rings. The molecule has 0 saturated heterocycles. The van der Waals surface area contributed by atoms with Crippen molar-refractivity contribution in [3.63, 3.8) is 0 Å². The summed E-state index contributed by atoms with van der Waals surface area (Å²) in [7, 11) is 0. The number of ether oxygens (including phenoxy) is 1. The smallest absolute Gasteiger partial charge is 0.141 e. The fourth-order valence-corrected chi connectivity index (χ4v) is 6.96. The van der Waals surface area contributed by atoms with Crippen molar-refractivity contribution in [3.8, 4) is 11.5 Å². The van der Waals surface area contributed by atoms with Crippen LogP contribution in [0.15, 0.2) is 94.7 Å². The first kappa shape index (κ1) is 22.2. The van der Waals surface area contributed by atoms with Crippen LogP contribution in [0, 0.1) is 0 Å². The van der Waals surface area contributed by atoms with Crippen molar-refractivity contribution in [2.45, 2.75) is 47.6 Å². The van der Waals surface area contributed by atoms with Gasteiger partial charge in [0.25, 0.3) is 0 Å². The quantitative estimate of drug-likeness (QED) is 0.290. The number of hydrogen-bond acceptors (Lipinski definition) is 4. The molecule has 0 amide bonds. The molecule has 2 atom stereocenters. The summed E-state index contributed by atoms with van der Waals surface area (Å²) in [5.74, 6) is 1.99. The van der Waals surface area contributed by atoms with Crippen LogP contribution in [0.2, 0.25) is 0 Å². The molecule has 180 valence electrons. The Hall–Kier alpha value is -3.05. The maximum atomic E-state index is 6.63. The van der Waals surface area contributed by atoms with Crippen LogP contribution in [0.1, 0.15) is 45.5 Å². The molecular weight excluding hydrogens is 460 g/mol. The molecule has 0 radical (unpaired) electrons. The molecule has 2 unspecified atom stereocenters. The van der Waals surface area contributed by atoms with Gasteiger partial charge in [-0.05, 0) is 96.4 Å². The van der Waals surface area contributed by atoms with Crippen LogP contribution in [-0.4, -0.2) is 13.1 Å². The van der Waals surface area contributed by atoms with E-state index in [4.69, 9.17) is 4.74 Å². The molecule has 0 aliphatic carbocycles. The Morgan fingerprint density at radius 1 is 0.639 bits per heavy atom. The molecule has 3 aliphatic heterocycles. The van der Waals surface area contributed by atoms with Crippen molar-refractivity contribution in [2.75, 3.05) is 13.1 Å². The van der Waals surface area contributed by atoms with E-state index in [0.29, 0.717) is 12.1 Å². The molecule has 3 heterocycles. The van der Waals surface area contributed by atoms with E-state index in [0.717, 1.165) is 50.3 Å². The second kappa shape index (κ2) is 9.44. The summed E-state index contributed by atoms with van der Waals surface area (Å²) in [4.78, 5) is 2.49. The summed E-state index contributed by atoms with van der Waals surface area (Å²) in [6.07, 6.45) is 4.13. The van der Waals surface area contributed by atoms with Crippen molar-refractivity contribution >= 4 is 11.8 Å². The number of hydrogen-bond donors (Lipinski definition) is 2. The Morgan fingerprint density at radius 2 is 1.11 bits per heavy atom. The Kier molecular flexibility index (Phi) is 5.81. The summed E-state index contributed by atoms with van der Waals surface area (Å²) in [5.41, 5.74) is 8.41. The molecule has 36 heavy (non-hydrogen) atoms. The number of fused-ring (bicyclic) bond motifs is 4. The zero-order valence-corrected chi connectivity index (χ0v) is 21.1. The van der Waals surface area contributed by atoms with Crippen molar-refractivity contribution < 1.29 is 4.74 Å². The van der Waals surface area contributed by atoms with Crippen molar-refractivity contribution in [1.29, 1.82) is 0 Å². The monoisotopic (exact) mass is 490 g/mol. The van der Waals surface area contributed by atoms with Crippen LogP contribution in [0.5, 0.6) is 11.5 Å². The van der Waals surface area contributed by atoms with E-state index in [9.17, 15) is 0 Å². The minimum absolute atomic E-state index is 0.319. The third-order valence-electron chi connectivity index (χ3n) is 7.74. The molecular formula is C32H30N2OS. The molecule has 4 aromatic carbocycles. The number of benzene rings is 4. The zero-order valence-electron chi connectivity index (χ0n) is 20.3. The summed E-state index contributed by atoms with van der Waals surface area (Å²) < 4.78 is 6.63. The topological polar surface area (TPSA) is 33.3 Å². The summed E-state index contributed by atoms with van der Waals surface area (Å²) in [6, 6.07) is 31.6. The van der Waals surface area contributed by atoms with E-state index in [1.54, 1.807) is 0 Å². The highest BCUT2D eigenvalue weighted by Crippen LogP contribution is 2.50. The molecule has 4 heteroatoms. The molecule has 7 rings (SSSR count). The fraction of sp³-hybridized carbons (Fsp3) is 0.250. The van der Waals surface area contributed by atoms with Gasteiger partial charge in [-0.3, -0.25) is 0 Å². The van der Waals surface area contributed by atoms with Gasteiger partial charge >= 0.3 is 0 Å². The van der Waals surface area contributed by atoms with E-state index >= 15 is 0 Å². The highest BCUT2D eigenvalue weighted by Gasteiger charge is 2.28. The molecule has 0 saturated carbocycles. The van der Waals surface area contributed by atoms with Crippen molar-refractivity contribution in [2.24, 2.45) is 0 Å². The first-order valence-electron chi connectivity index (χ1n) is 13.0. The number of rotatable bonds is 4. The lowest BCUT2D eigenvalue weighted by atomic mass is 9.89. The van der Waals surface area contributed by atoms with Gasteiger partial charge in [-0.25, -0.2) is 0 Å². The molecule has 2 N–H and O–H groups in total. The lowest BCUT2D eigenvalue weighted by Gasteiger charge is -2.32. The van der Waals surface area contributed by atoms with Crippen LogP contribution in [-0.2, 0) is 25.7 Å². The summed E-state index contributed by atoms with van der Waals surface area (Å²) in [5, 5.41) is 7.50. The highest BCUT2D eigenvalue weighted by molar-refractivity contribution is 7.99. The van der Waals surface area contributed by atoms with Gasteiger partial charge in [0.05, 0.1) is 9.79 Å². The van der Waals surface area contributed by atoms with Gasteiger partial charge in [-0.2, -0.15) is 0 Å². The van der Waals surface area contributed by atoms with Gasteiger partial charge in [0, 0.05) is 12.1 Å². The second-order valence-corrected chi connectivity index (χ2v) is 11.2. The average molecular weight is 491 g/mol. The standard InChI is InChI=1S/C32H30N2OS/c1-3-7-21(8-4-1)15-27-25-19-29-31(17-23(25)11-13-33-27)36-32-18-24-12-14-34-28(26(24)20-30(32)35-29)16-22-9-5-2-6-10-22/h1-10,17-20,27-28,33-34H,11-16H2. The predicted molar refractivity (Wildman–Crippen MR) is 146 cm³/mol. The lowest BCUT2D eigenvalue weighted by molar-refractivity contribution is 0.439. The largest absolute Gasteiger partial charge is 0.455 e. The molecule has 0 fully saturated rings. The van der Waals surface area contributed by atoms with Gasteiger partial charge in [0.1, 0.15) is 11.5 Å². The van der Waals surface area contributed by atoms with E-state index < -0.39 is 0 Å². The maximum Gasteiger partial charge on any atom is 0.141 e. The predicted octanol–water partition coefficient (Wildman–Crippen LogP) is 6.80. The minimum atomic E-state index is 0.319. The van der Waals surface area contributed by atoms with Crippen LogP contribution in [0.25, 0.3) is 0 Å². The first-order chi connectivity index (χ1) is 17.8. The van der Waals surface area contributed by atoms with E-state index in [2.05, 4.69) is 95.6 Å². The van der Waals surface area contributed by atoms with Crippen LogP contribution >= 0.6 is 11.8 Å². The third kappa shape index (κ3) is 4.24. The van der Waals surface area contributed by atoms with Crippen molar-refractivity contribution in [3.05, 3.63) is 118 Å². The molecule has 0 aromatic heterocycles. The Balaban J connectivity index is 1.19. The van der Waals surface area contributed by atoms with Crippen LogP contribution in [0.3, 0.4) is 0 Å². The van der Waals surface area contributed by atoms with E-state index in [1.165, 1.54) is 43.2 Å². The highest BCUT2D eigenvalue weighted by atomic mass is 32.2. The average Bonchev–Trinajstić information content (AvgIpc) is 2.91. The van der Waals surface area contributed by atoms with Gasteiger partial charge in [0.15, 0.2) is 0 Å². The summed E-state index contributed by atoms with van der Waals surface area (Å²) in [6.45, 7) is 2.05.